The Bertz CT molecular complexity index is 495. The van der Waals surface area contributed by atoms with E-state index in [1.807, 2.05) is 13.8 Å². The van der Waals surface area contributed by atoms with Gasteiger partial charge in [0.25, 0.3) is 0 Å². The highest BCUT2D eigenvalue weighted by molar-refractivity contribution is 8.13. The lowest BCUT2D eigenvalue weighted by Gasteiger charge is -2.12. The SMILES string of the molecule is CC(C)c1cc(Cl)cc(CS(=O)(=O)Cl)c1O. The van der Waals surface area contributed by atoms with Crippen molar-refractivity contribution in [2.45, 2.75) is 25.5 Å². The Morgan fingerprint density at radius 3 is 2.38 bits per heavy atom. The van der Waals surface area contributed by atoms with Crippen LogP contribution in [0.4, 0.5) is 0 Å². The van der Waals surface area contributed by atoms with Crippen LogP contribution in [0.1, 0.15) is 30.9 Å². The second kappa shape index (κ2) is 4.82. The first-order chi connectivity index (χ1) is 7.20. The summed E-state index contributed by atoms with van der Waals surface area (Å²) in [4.78, 5) is 0. The maximum absolute atomic E-state index is 11.0. The van der Waals surface area contributed by atoms with E-state index in [9.17, 15) is 13.5 Å². The lowest BCUT2D eigenvalue weighted by Crippen LogP contribution is -1.99. The van der Waals surface area contributed by atoms with Crippen molar-refractivity contribution < 1.29 is 13.5 Å². The van der Waals surface area contributed by atoms with Crippen LogP contribution >= 0.6 is 22.3 Å². The molecule has 0 spiro atoms. The summed E-state index contributed by atoms with van der Waals surface area (Å²) in [5.74, 6) is -0.431. The summed E-state index contributed by atoms with van der Waals surface area (Å²) in [6, 6.07) is 3.02. The summed E-state index contributed by atoms with van der Waals surface area (Å²) in [6.07, 6.45) is 0. The molecule has 0 unspecified atom stereocenters. The van der Waals surface area contributed by atoms with Gasteiger partial charge in [-0.05, 0) is 23.6 Å². The van der Waals surface area contributed by atoms with Gasteiger partial charge in [-0.15, -0.1) is 0 Å². The molecule has 0 radical (unpaired) electrons. The molecule has 0 aromatic heterocycles. The molecule has 6 heteroatoms. The Kier molecular flexibility index (Phi) is 4.10. The fourth-order valence-corrected chi connectivity index (χ4v) is 2.61. The first-order valence-electron chi connectivity index (χ1n) is 4.64. The Balaban J connectivity index is 3.30. The highest BCUT2D eigenvalue weighted by atomic mass is 35.7. The molecule has 0 heterocycles. The maximum Gasteiger partial charge on any atom is 0.236 e. The fourth-order valence-electron chi connectivity index (χ4n) is 1.41. The average molecular weight is 283 g/mol. The van der Waals surface area contributed by atoms with Gasteiger partial charge in [0, 0.05) is 21.3 Å². The number of phenolic OH excluding ortho intramolecular Hbond substituents is 1. The van der Waals surface area contributed by atoms with E-state index < -0.39 is 14.8 Å². The van der Waals surface area contributed by atoms with Crippen molar-refractivity contribution in [3.8, 4) is 5.75 Å². The lowest BCUT2D eigenvalue weighted by atomic mass is 10.00. The number of benzene rings is 1. The van der Waals surface area contributed by atoms with Crippen LogP contribution in [0.3, 0.4) is 0 Å². The number of phenols is 1. The third kappa shape index (κ3) is 3.54. The second-order valence-electron chi connectivity index (χ2n) is 3.84. The Labute approximate surface area is 104 Å². The molecule has 0 aliphatic heterocycles. The molecule has 1 N–H and O–H groups in total. The summed E-state index contributed by atoms with van der Waals surface area (Å²) >= 11 is 5.85. The van der Waals surface area contributed by atoms with E-state index >= 15 is 0 Å². The topological polar surface area (TPSA) is 54.4 Å². The third-order valence-corrected chi connectivity index (χ3v) is 3.33. The minimum absolute atomic E-state index is 0.0514. The van der Waals surface area contributed by atoms with Gasteiger partial charge in [0.2, 0.25) is 9.05 Å². The van der Waals surface area contributed by atoms with Crippen molar-refractivity contribution in [1.82, 2.24) is 0 Å². The molecular formula is C10H12Cl2O3S. The van der Waals surface area contributed by atoms with E-state index in [-0.39, 0.29) is 17.2 Å². The van der Waals surface area contributed by atoms with Gasteiger partial charge in [0.15, 0.2) is 0 Å². The molecule has 0 saturated carbocycles. The molecule has 0 aliphatic carbocycles. The largest absolute Gasteiger partial charge is 0.507 e. The van der Waals surface area contributed by atoms with Crippen molar-refractivity contribution in [1.29, 1.82) is 0 Å². The summed E-state index contributed by atoms with van der Waals surface area (Å²) < 4.78 is 21.9. The van der Waals surface area contributed by atoms with Crippen LogP contribution in [0.5, 0.6) is 5.75 Å². The number of halogens is 2. The van der Waals surface area contributed by atoms with Gasteiger partial charge in [-0.1, -0.05) is 25.4 Å². The third-order valence-electron chi connectivity index (χ3n) is 2.13. The second-order valence-corrected chi connectivity index (χ2v) is 7.05. The minimum Gasteiger partial charge on any atom is -0.507 e. The van der Waals surface area contributed by atoms with Gasteiger partial charge in [-0.2, -0.15) is 0 Å². The summed E-state index contributed by atoms with van der Waals surface area (Å²) in [6.45, 7) is 3.76. The fraction of sp³-hybridized carbons (Fsp3) is 0.400. The first kappa shape index (κ1) is 13.6. The first-order valence-corrected chi connectivity index (χ1v) is 7.50. The number of hydrogen-bond donors (Lipinski definition) is 1. The zero-order chi connectivity index (χ0) is 12.5. The zero-order valence-corrected chi connectivity index (χ0v) is 11.2. The van der Waals surface area contributed by atoms with E-state index in [2.05, 4.69) is 0 Å². The molecule has 1 aromatic carbocycles. The Morgan fingerprint density at radius 1 is 1.38 bits per heavy atom. The number of hydrogen-bond acceptors (Lipinski definition) is 3. The molecule has 16 heavy (non-hydrogen) atoms. The van der Waals surface area contributed by atoms with Crippen molar-refractivity contribution in [3.05, 3.63) is 28.3 Å². The van der Waals surface area contributed by atoms with Crippen LogP contribution in [0.25, 0.3) is 0 Å². The molecule has 0 fully saturated rings. The molecule has 0 saturated heterocycles. The molecule has 3 nitrogen and oxygen atoms in total. The molecular weight excluding hydrogens is 271 g/mol. The van der Waals surface area contributed by atoms with E-state index in [4.69, 9.17) is 22.3 Å². The van der Waals surface area contributed by atoms with Gasteiger partial charge in [-0.3, -0.25) is 0 Å². The average Bonchev–Trinajstić information content (AvgIpc) is 2.07. The quantitative estimate of drug-likeness (QED) is 0.866. The standard InChI is InChI=1S/C10H12Cl2O3S/c1-6(2)9-4-8(11)3-7(10(9)13)5-16(12,14)15/h3-4,6,13H,5H2,1-2H3. The molecule has 0 amide bonds. The molecule has 0 aliphatic rings. The minimum atomic E-state index is -3.71. The Hall–Kier alpha value is -0.450. The van der Waals surface area contributed by atoms with Crippen molar-refractivity contribution in [2.75, 3.05) is 0 Å². The van der Waals surface area contributed by atoms with E-state index in [0.29, 0.717) is 10.6 Å². The summed E-state index contributed by atoms with van der Waals surface area (Å²) in [5.41, 5.74) is 0.842. The van der Waals surface area contributed by atoms with E-state index in [0.717, 1.165) is 0 Å². The van der Waals surface area contributed by atoms with Gasteiger partial charge in [0.1, 0.15) is 5.75 Å². The normalized spacial score (nSPS) is 12.1. The smallest absolute Gasteiger partial charge is 0.236 e. The van der Waals surface area contributed by atoms with Crippen molar-refractivity contribution in [2.24, 2.45) is 0 Å². The van der Waals surface area contributed by atoms with Gasteiger partial charge in [-0.25, -0.2) is 8.42 Å². The predicted molar refractivity (Wildman–Crippen MR) is 65.7 cm³/mol. The van der Waals surface area contributed by atoms with Gasteiger partial charge in [0.05, 0.1) is 5.75 Å². The maximum atomic E-state index is 11.0. The number of rotatable bonds is 3. The lowest BCUT2D eigenvalue weighted by molar-refractivity contribution is 0.459. The van der Waals surface area contributed by atoms with E-state index in [1.165, 1.54) is 6.07 Å². The number of aromatic hydroxyl groups is 1. The molecule has 90 valence electrons. The van der Waals surface area contributed by atoms with Crippen LogP contribution in [-0.2, 0) is 14.8 Å². The van der Waals surface area contributed by atoms with Crippen molar-refractivity contribution in [3.63, 3.8) is 0 Å². The molecule has 0 bridgehead atoms. The van der Waals surface area contributed by atoms with Crippen LogP contribution in [0.2, 0.25) is 5.02 Å². The summed E-state index contributed by atoms with van der Waals surface area (Å²) in [7, 11) is 1.44. The van der Waals surface area contributed by atoms with Crippen LogP contribution < -0.4 is 0 Å². The Morgan fingerprint density at radius 2 is 1.94 bits per heavy atom. The van der Waals surface area contributed by atoms with Gasteiger partial charge >= 0.3 is 0 Å². The molecule has 1 aromatic rings. The summed E-state index contributed by atoms with van der Waals surface area (Å²) in [5, 5.41) is 10.3. The highest BCUT2D eigenvalue weighted by Gasteiger charge is 2.16. The van der Waals surface area contributed by atoms with E-state index in [1.54, 1.807) is 6.07 Å². The molecule has 0 atom stereocenters. The monoisotopic (exact) mass is 282 g/mol. The van der Waals surface area contributed by atoms with Gasteiger partial charge < -0.3 is 5.11 Å². The molecule has 1 rings (SSSR count). The van der Waals surface area contributed by atoms with Crippen LogP contribution in [0.15, 0.2) is 12.1 Å². The predicted octanol–water partition coefficient (Wildman–Crippen LogP) is 3.24. The van der Waals surface area contributed by atoms with Crippen molar-refractivity contribution >= 4 is 31.3 Å². The van der Waals surface area contributed by atoms with Crippen LogP contribution in [-0.4, -0.2) is 13.5 Å². The highest BCUT2D eigenvalue weighted by Crippen LogP contribution is 2.33. The zero-order valence-electron chi connectivity index (χ0n) is 8.87. The van der Waals surface area contributed by atoms with Crippen LogP contribution in [0, 0.1) is 0 Å².